The molecule has 0 radical (unpaired) electrons. The highest BCUT2D eigenvalue weighted by Crippen LogP contribution is 2.74. The first-order valence-electron chi connectivity index (χ1n) is 7.61. The van der Waals surface area contributed by atoms with E-state index in [1.807, 2.05) is 0 Å². The van der Waals surface area contributed by atoms with Crippen LogP contribution in [0.15, 0.2) is 18.2 Å². The Morgan fingerprint density at radius 1 is 1.12 bits per heavy atom. The van der Waals surface area contributed by atoms with Crippen LogP contribution < -0.4 is 0 Å². The normalized spacial score (nSPS) is 24.7. The molecule has 2 rings (SSSR count). The predicted octanol–water partition coefficient (Wildman–Crippen LogP) is 4.92. The van der Waals surface area contributed by atoms with Gasteiger partial charge in [-0.25, -0.2) is 0 Å². The van der Waals surface area contributed by atoms with Gasteiger partial charge in [-0.15, -0.1) is 0 Å². The maximum absolute atomic E-state index is 13.0. The summed E-state index contributed by atoms with van der Waals surface area (Å²) in [7, 11) is 0. The number of nitriles is 1. The molecule has 142 valence electrons. The van der Waals surface area contributed by atoms with E-state index in [9.17, 15) is 36.4 Å². The summed E-state index contributed by atoms with van der Waals surface area (Å²) >= 11 is 0. The fourth-order valence-electron chi connectivity index (χ4n) is 3.46. The van der Waals surface area contributed by atoms with E-state index in [1.54, 1.807) is 6.07 Å². The summed E-state index contributed by atoms with van der Waals surface area (Å²) in [6, 6.07) is 2.88. The molecule has 0 bridgehead atoms. The number of hydrogen-bond acceptors (Lipinski definition) is 3. The zero-order chi connectivity index (χ0) is 20.1. The molecule has 1 aliphatic rings. The van der Waals surface area contributed by atoms with Crippen molar-refractivity contribution in [1.82, 2.24) is 0 Å². The Balaban J connectivity index is 2.65. The summed E-state index contributed by atoms with van der Waals surface area (Å²) < 4.78 is 83.1. The van der Waals surface area contributed by atoms with Crippen molar-refractivity contribution in [3.05, 3.63) is 34.9 Å². The van der Waals surface area contributed by atoms with Crippen molar-refractivity contribution in [1.29, 1.82) is 5.26 Å². The first kappa shape index (κ1) is 20.1. The third kappa shape index (κ3) is 2.91. The van der Waals surface area contributed by atoms with Crippen LogP contribution in [0.1, 0.15) is 43.4 Å². The average Bonchev–Trinajstić information content (AvgIpc) is 3.02. The number of hydrogen-bond donors (Lipinski definition) is 0. The molecule has 1 saturated carbocycles. The van der Waals surface area contributed by atoms with E-state index in [1.165, 1.54) is 20.8 Å². The maximum Gasteiger partial charge on any atom is 0.416 e. The minimum atomic E-state index is -5.01. The predicted molar refractivity (Wildman–Crippen MR) is 77.6 cm³/mol. The van der Waals surface area contributed by atoms with Gasteiger partial charge in [-0.3, -0.25) is 4.79 Å². The van der Waals surface area contributed by atoms with Crippen molar-refractivity contribution in [2.75, 3.05) is 6.61 Å². The highest BCUT2D eigenvalue weighted by atomic mass is 19.4. The van der Waals surface area contributed by atoms with Crippen LogP contribution in [0.5, 0.6) is 0 Å². The van der Waals surface area contributed by atoms with E-state index in [2.05, 4.69) is 0 Å². The summed E-state index contributed by atoms with van der Waals surface area (Å²) in [5.41, 5.74) is -6.36. The molecule has 2 unspecified atom stereocenters. The van der Waals surface area contributed by atoms with Crippen LogP contribution in [0.25, 0.3) is 0 Å². The highest BCUT2D eigenvalue weighted by molar-refractivity contribution is 5.88. The average molecular weight is 379 g/mol. The van der Waals surface area contributed by atoms with Crippen molar-refractivity contribution in [2.45, 2.75) is 39.0 Å². The zero-order valence-corrected chi connectivity index (χ0v) is 14.0. The smallest absolute Gasteiger partial charge is 0.416 e. The van der Waals surface area contributed by atoms with Crippen molar-refractivity contribution in [3.8, 4) is 6.07 Å². The van der Waals surface area contributed by atoms with Crippen molar-refractivity contribution < 1.29 is 35.9 Å². The quantitative estimate of drug-likeness (QED) is 0.553. The molecular formula is C17H15F6NO2. The van der Waals surface area contributed by atoms with Crippen LogP contribution in [-0.4, -0.2) is 12.6 Å². The summed E-state index contributed by atoms with van der Waals surface area (Å²) in [6.07, 6.45) is -10.0. The molecule has 0 amide bonds. The van der Waals surface area contributed by atoms with Crippen molar-refractivity contribution >= 4 is 5.97 Å². The molecule has 1 fully saturated rings. The van der Waals surface area contributed by atoms with Crippen LogP contribution in [0, 0.1) is 22.2 Å². The Hall–Kier alpha value is -2.24. The van der Waals surface area contributed by atoms with E-state index >= 15 is 0 Å². The SMILES string of the molecule is CCOC(=O)C1(C#N)C(c2cc(C(F)(F)F)cc(C(F)(F)F)c2)C1(C)C. The van der Waals surface area contributed by atoms with Gasteiger partial charge < -0.3 is 4.74 Å². The van der Waals surface area contributed by atoms with Crippen molar-refractivity contribution in [3.63, 3.8) is 0 Å². The molecule has 9 heteroatoms. The third-order valence-electron chi connectivity index (χ3n) is 4.80. The maximum atomic E-state index is 13.0. The molecule has 0 aromatic heterocycles. The van der Waals surface area contributed by atoms with E-state index in [0.717, 1.165) is 0 Å². The van der Waals surface area contributed by atoms with Crippen LogP contribution in [-0.2, 0) is 21.9 Å². The van der Waals surface area contributed by atoms with Gasteiger partial charge in [-0.05, 0) is 30.7 Å². The second-order valence-electron chi connectivity index (χ2n) is 6.63. The fraction of sp³-hybridized carbons (Fsp3) is 0.529. The van der Waals surface area contributed by atoms with Gasteiger partial charge in [-0.2, -0.15) is 31.6 Å². The van der Waals surface area contributed by atoms with Crippen LogP contribution >= 0.6 is 0 Å². The molecule has 0 aliphatic heterocycles. The van der Waals surface area contributed by atoms with Crippen molar-refractivity contribution in [2.24, 2.45) is 10.8 Å². The number of rotatable bonds is 3. The van der Waals surface area contributed by atoms with Gasteiger partial charge in [0.05, 0.1) is 23.8 Å². The van der Waals surface area contributed by atoms with Gasteiger partial charge in [0.25, 0.3) is 0 Å². The van der Waals surface area contributed by atoms with Crippen LogP contribution in [0.4, 0.5) is 26.3 Å². The Morgan fingerprint density at radius 2 is 1.58 bits per heavy atom. The van der Waals surface area contributed by atoms with Gasteiger partial charge >= 0.3 is 18.3 Å². The summed E-state index contributed by atoms with van der Waals surface area (Å²) in [4.78, 5) is 12.2. The third-order valence-corrected chi connectivity index (χ3v) is 4.80. The molecule has 0 spiro atoms. The molecular weight excluding hydrogens is 364 g/mol. The van der Waals surface area contributed by atoms with Gasteiger partial charge in [-0.1, -0.05) is 13.8 Å². The number of carbonyl (C=O) groups excluding carboxylic acids is 1. The molecule has 1 aromatic carbocycles. The fourth-order valence-corrected chi connectivity index (χ4v) is 3.46. The lowest BCUT2D eigenvalue weighted by Crippen LogP contribution is -2.23. The monoisotopic (exact) mass is 379 g/mol. The van der Waals surface area contributed by atoms with Crippen LogP contribution in [0.2, 0.25) is 0 Å². The summed E-state index contributed by atoms with van der Waals surface area (Å²) in [5, 5.41) is 9.48. The lowest BCUT2D eigenvalue weighted by Gasteiger charge is -2.15. The second-order valence-corrected chi connectivity index (χ2v) is 6.63. The number of ether oxygens (including phenoxy) is 1. The number of benzene rings is 1. The Bertz CT molecular complexity index is 743. The molecule has 0 N–H and O–H groups in total. The highest BCUT2D eigenvalue weighted by Gasteiger charge is 2.78. The number of halogens is 6. The van der Waals surface area contributed by atoms with Gasteiger partial charge in [0.2, 0.25) is 0 Å². The van der Waals surface area contributed by atoms with Gasteiger partial charge in [0.1, 0.15) is 0 Å². The minimum Gasteiger partial charge on any atom is -0.465 e. The molecule has 1 aliphatic carbocycles. The first-order chi connectivity index (χ1) is 11.7. The molecule has 0 saturated heterocycles. The first-order valence-corrected chi connectivity index (χ1v) is 7.61. The van der Waals surface area contributed by atoms with Gasteiger partial charge in [0, 0.05) is 11.3 Å². The standard InChI is InChI=1S/C17H15F6NO2/c1-4-26-13(25)15(8-24)12(14(15,2)3)9-5-10(16(18,19)20)7-11(6-9)17(21,22)23/h5-7,12H,4H2,1-3H3. The topological polar surface area (TPSA) is 50.1 Å². The molecule has 0 heterocycles. The second kappa shape index (κ2) is 5.89. The molecule has 1 aromatic rings. The van der Waals surface area contributed by atoms with E-state index < -0.39 is 46.2 Å². The molecule has 2 atom stereocenters. The summed E-state index contributed by atoms with van der Waals surface area (Å²) in [5.74, 6) is -2.11. The Kier molecular flexibility index (Phi) is 4.55. The lowest BCUT2D eigenvalue weighted by molar-refractivity contribution is -0.148. The van der Waals surface area contributed by atoms with Gasteiger partial charge in [0.15, 0.2) is 5.41 Å². The number of nitrogens with zero attached hydrogens (tertiary/aromatic N) is 1. The van der Waals surface area contributed by atoms with E-state index in [4.69, 9.17) is 4.74 Å². The molecule has 26 heavy (non-hydrogen) atoms. The Labute approximate surface area is 145 Å². The minimum absolute atomic E-state index is 0.0112. The lowest BCUT2D eigenvalue weighted by atomic mass is 9.96. The summed E-state index contributed by atoms with van der Waals surface area (Å²) in [6.45, 7) is 4.29. The van der Waals surface area contributed by atoms with E-state index in [0.29, 0.717) is 12.1 Å². The largest absolute Gasteiger partial charge is 0.465 e. The number of esters is 1. The number of carbonyl (C=O) groups is 1. The molecule has 3 nitrogen and oxygen atoms in total. The number of alkyl halides is 6. The Morgan fingerprint density at radius 3 is 1.92 bits per heavy atom. The zero-order valence-electron chi connectivity index (χ0n) is 14.0. The van der Waals surface area contributed by atoms with E-state index in [-0.39, 0.29) is 18.2 Å². The van der Waals surface area contributed by atoms with Crippen LogP contribution in [0.3, 0.4) is 0 Å².